The Bertz CT molecular complexity index is 331. The number of benzene rings is 1. The zero-order valence-corrected chi connectivity index (χ0v) is 10.0. The third-order valence-corrected chi connectivity index (χ3v) is 3.74. The van der Waals surface area contributed by atoms with Gasteiger partial charge in [-0.25, -0.2) is 0 Å². The normalized spacial score (nSPS) is 19.1. The highest BCUT2D eigenvalue weighted by atomic mass is 79.9. The molecule has 1 atom stereocenters. The Morgan fingerprint density at radius 1 is 1.43 bits per heavy atom. The lowest BCUT2D eigenvalue weighted by Crippen LogP contribution is -2.27. The van der Waals surface area contributed by atoms with Crippen LogP contribution in [0.3, 0.4) is 0 Å². The van der Waals surface area contributed by atoms with Crippen molar-refractivity contribution in [1.82, 2.24) is 0 Å². The molecule has 0 amide bonds. The predicted molar refractivity (Wildman–Crippen MR) is 63.1 cm³/mol. The molecule has 14 heavy (non-hydrogen) atoms. The highest BCUT2D eigenvalue weighted by Gasteiger charge is 2.26. The molecule has 1 unspecified atom stereocenters. The van der Waals surface area contributed by atoms with Crippen molar-refractivity contribution < 1.29 is 0 Å². The van der Waals surface area contributed by atoms with E-state index in [-0.39, 0.29) is 6.04 Å². The van der Waals surface area contributed by atoms with Crippen LogP contribution in [0.5, 0.6) is 0 Å². The van der Waals surface area contributed by atoms with Crippen LogP contribution in [0.25, 0.3) is 0 Å². The molecule has 76 valence electrons. The Morgan fingerprint density at radius 2 is 2.14 bits per heavy atom. The Morgan fingerprint density at radius 3 is 2.64 bits per heavy atom. The second-order valence-corrected chi connectivity index (χ2v) is 5.13. The van der Waals surface area contributed by atoms with E-state index >= 15 is 0 Å². The topological polar surface area (TPSA) is 26.0 Å². The van der Waals surface area contributed by atoms with Gasteiger partial charge in [-0.1, -0.05) is 28.4 Å². The lowest BCUT2D eigenvalue weighted by Gasteiger charge is -2.32. The summed E-state index contributed by atoms with van der Waals surface area (Å²) >= 11 is 3.47. The van der Waals surface area contributed by atoms with Crippen molar-refractivity contribution >= 4 is 15.9 Å². The molecular formula is C12H16BrN. The van der Waals surface area contributed by atoms with Gasteiger partial charge in [0.05, 0.1) is 0 Å². The fourth-order valence-corrected chi connectivity index (χ4v) is 2.54. The van der Waals surface area contributed by atoms with Gasteiger partial charge in [0.2, 0.25) is 0 Å². The maximum Gasteiger partial charge on any atom is 0.0326 e. The third-order valence-electron chi connectivity index (χ3n) is 3.25. The molecule has 1 aromatic rings. The molecule has 0 saturated heterocycles. The first-order valence-electron chi connectivity index (χ1n) is 5.20. The molecule has 1 saturated carbocycles. The molecule has 2 rings (SSSR count). The van der Waals surface area contributed by atoms with Crippen LogP contribution in [-0.2, 0) is 0 Å². The van der Waals surface area contributed by atoms with Crippen LogP contribution in [-0.4, -0.2) is 0 Å². The number of hydrogen-bond acceptors (Lipinski definition) is 1. The van der Waals surface area contributed by atoms with E-state index < -0.39 is 0 Å². The van der Waals surface area contributed by atoms with Crippen LogP contribution in [0.15, 0.2) is 22.7 Å². The van der Waals surface area contributed by atoms with Gasteiger partial charge in [-0.05, 0) is 48.9 Å². The highest BCUT2D eigenvalue weighted by molar-refractivity contribution is 9.10. The van der Waals surface area contributed by atoms with E-state index in [4.69, 9.17) is 5.73 Å². The van der Waals surface area contributed by atoms with Crippen LogP contribution in [0, 0.1) is 12.8 Å². The Hall–Kier alpha value is -0.340. The van der Waals surface area contributed by atoms with Gasteiger partial charge in [0.25, 0.3) is 0 Å². The molecule has 0 heterocycles. The smallest absolute Gasteiger partial charge is 0.0326 e. The molecule has 0 aliphatic heterocycles. The maximum atomic E-state index is 6.24. The largest absolute Gasteiger partial charge is 0.324 e. The van der Waals surface area contributed by atoms with E-state index in [0.29, 0.717) is 0 Å². The standard InChI is InChI=1S/C12H16BrN/c1-8-7-10(13)5-6-11(8)12(14)9-3-2-4-9/h5-7,9,12H,2-4,14H2,1H3. The summed E-state index contributed by atoms with van der Waals surface area (Å²) in [7, 11) is 0. The first kappa shape index (κ1) is 10.2. The minimum absolute atomic E-state index is 0.247. The molecule has 1 aliphatic rings. The first-order valence-corrected chi connectivity index (χ1v) is 5.99. The quantitative estimate of drug-likeness (QED) is 0.858. The van der Waals surface area contributed by atoms with Crippen LogP contribution < -0.4 is 5.73 Å². The molecule has 0 aromatic heterocycles. The highest BCUT2D eigenvalue weighted by Crippen LogP contribution is 2.37. The fourth-order valence-electron chi connectivity index (χ4n) is 2.07. The first-order chi connectivity index (χ1) is 6.68. The van der Waals surface area contributed by atoms with Crippen LogP contribution in [0.1, 0.15) is 36.4 Å². The van der Waals surface area contributed by atoms with E-state index in [9.17, 15) is 0 Å². The number of halogens is 1. The van der Waals surface area contributed by atoms with Crippen molar-refractivity contribution in [2.24, 2.45) is 11.7 Å². The van der Waals surface area contributed by atoms with E-state index in [0.717, 1.165) is 10.4 Å². The van der Waals surface area contributed by atoms with Crippen molar-refractivity contribution in [3.63, 3.8) is 0 Å². The summed E-state index contributed by atoms with van der Waals surface area (Å²) in [6.45, 7) is 2.14. The summed E-state index contributed by atoms with van der Waals surface area (Å²) in [6.07, 6.45) is 3.96. The number of hydrogen-bond donors (Lipinski definition) is 1. The van der Waals surface area contributed by atoms with Gasteiger partial charge in [-0.3, -0.25) is 0 Å². The second-order valence-electron chi connectivity index (χ2n) is 4.22. The molecule has 1 fully saturated rings. The summed E-state index contributed by atoms with van der Waals surface area (Å²) < 4.78 is 1.14. The number of nitrogens with two attached hydrogens (primary N) is 1. The van der Waals surface area contributed by atoms with E-state index in [1.54, 1.807) is 0 Å². The minimum Gasteiger partial charge on any atom is -0.324 e. The summed E-state index contributed by atoms with van der Waals surface area (Å²) in [5.41, 5.74) is 8.86. The van der Waals surface area contributed by atoms with Gasteiger partial charge >= 0.3 is 0 Å². The van der Waals surface area contributed by atoms with Gasteiger partial charge in [-0.2, -0.15) is 0 Å². The van der Waals surface area contributed by atoms with E-state index in [1.165, 1.54) is 30.4 Å². The van der Waals surface area contributed by atoms with Crippen molar-refractivity contribution in [3.05, 3.63) is 33.8 Å². The number of rotatable bonds is 2. The van der Waals surface area contributed by atoms with Crippen molar-refractivity contribution in [2.75, 3.05) is 0 Å². The Labute approximate surface area is 93.8 Å². The van der Waals surface area contributed by atoms with Gasteiger partial charge in [-0.15, -0.1) is 0 Å². The molecular weight excluding hydrogens is 238 g/mol. The molecule has 2 N–H and O–H groups in total. The lowest BCUT2D eigenvalue weighted by atomic mass is 9.77. The van der Waals surface area contributed by atoms with Crippen molar-refractivity contribution in [3.8, 4) is 0 Å². The van der Waals surface area contributed by atoms with Gasteiger partial charge in [0.1, 0.15) is 0 Å². The monoisotopic (exact) mass is 253 g/mol. The lowest BCUT2D eigenvalue weighted by molar-refractivity contribution is 0.264. The third kappa shape index (κ3) is 1.86. The molecule has 0 bridgehead atoms. The predicted octanol–water partition coefficient (Wildman–Crippen LogP) is 3.56. The average Bonchev–Trinajstić information content (AvgIpc) is 2.00. The van der Waals surface area contributed by atoms with E-state index in [1.807, 2.05) is 0 Å². The minimum atomic E-state index is 0.247. The molecule has 1 aliphatic carbocycles. The van der Waals surface area contributed by atoms with Gasteiger partial charge in [0.15, 0.2) is 0 Å². The molecule has 1 nitrogen and oxygen atoms in total. The maximum absolute atomic E-state index is 6.24. The van der Waals surface area contributed by atoms with Crippen LogP contribution in [0.4, 0.5) is 0 Å². The molecule has 1 aromatic carbocycles. The summed E-state index contributed by atoms with van der Waals surface area (Å²) in [6, 6.07) is 6.63. The summed E-state index contributed by atoms with van der Waals surface area (Å²) in [5.74, 6) is 0.717. The second kappa shape index (κ2) is 4.03. The fraction of sp³-hybridized carbons (Fsp3) is 0.500. The summed E-state index contributed by atoms with van der Waals surface area (Å²) in [5, 5.41) is 0. The van der Waals surface area contributed by atoms with Crippen molar-refractivity contribution in [2.45, 2.75) is 32.2 Å². The average molecular weight is 254 g/mol. The van der Waals surface area contributed by atoms with Gasteiger partial charge in [0, 0.05) is 10.5 Å². The van der Waals surface area contributed by atoms with Crippen LogP contribution in [0.2, 0.25) is 0 Å². The SMILES string of the molecule is Cc1cc(Br)ccc1C(N)C1CCC1. The number of aryl methyl sites for hydroxylation is 1. The van der Waals surface area contributed by atoms with Crippen molar-refractivity contribution in [1.29, 1.82) is 0 Å². The zero-order valence-electron chi connectivity index (χ0n) is 8.46. The zero-order chi connectivity index (χ0) is 10.1. The Balaban J connectivity index is 2.22. The Kier molecular flexibility index (Phi) is 2.93. The molecule has 2 heteroatoms. The van der Waals surface area contributed by atoms with Gasteiger partial charge < -0.3 is 5.73 Å². The van der Waals surface area contributed by atoms with E-state index in [2.05, 4.69) is 41.1 Å². The van der Waals surface area contributed by atoms with Crippen LogP contribution >= 0.6 is 15.9 Å². The molecule has 0 radical (unpaired) electrons. The summed E-state index contributed by atoms with van der Waals surface area (Å²) in [4.78, 5) is 0. The molecule has 0 spiro atoms.